The molecule has 0 aliphatic heterocycles. The third-order valence-corrected chi connectivity index (χ3v) is 7.08. The zero-order chi connectivity index (χ0) is 24.5. The number of aromatic nitrogens is 1. The lowest BCUT2D eigenvalue weighted by Crippen LogP contribution is -2.28. The fraction of sp³-hybridized carbons (Fsp3) is 0.0385. The van der Waals surface area contributed by atoms with Gasteiger partial charge in [0.2, 0.25) is 0 Å². The minimum Gasteiger partial charge on any atom is -0.376 e. The Hall–Kier alpha value is -4.11. The first-order valence-electron chi connectivity index (χ1n) is 10.5. The van der Waals surface area contributed by atoms with E-state index in [1.165, 1.54) is 6.07 Å². The van der Waals surface area contributed by atoms with Gasteiger partial charge in [0.1, 0.15) is 5.75 Å². The van der Waals surface area contributed by atoms with Crippen molar-refractivity contribution < 1.29 is 25.8 Å². The number of nitrogens with zero attached hydrogens (tertiary/aromatic N) is 1. The van der Waals surface area contributed by atoms with Crippen LogP contribution in [0, 0.1) is 0 Å². The Bertz CT molecular complexity index is 1950. The molecule has 0 aliphatic carbocycles. The van der Waals surface area contributed by atoms with Crippen molar-refractivity contribution in [2.45, 2.75) is 5.51 Å². The van der Waals surface area contributed by atoms with E-state index in [4.69, 9.17) is 0 Å². The Morgan fingerprint density at radius 2 is 1.40 bits per heavy atom. The van der Waals surface area contributed by atoms with Gasteiger partial charge >= 0.3 is 15.6 Å². The molecule has 0 radical (unpaired) electrons. The molecule has 0 atom stereocenters. The quantitative estimate of drug-likeness (QED) is 0.170. The topological polar surface area (TPSA) is 64.9 Å². The molecule has 9 heteroatoms. The lowest BCUT2D eigenvalue weighted by molar-refractivity contribution is -0.0500. The van der Waals surface area contributed by atoms with Crippen molar-refractivity contribution in [3.63, 3.8) is 0 Å². The molecule has 174 valence electrons. The van der Waals surface area contributed by atoms with E-state index >= 15 is 0 Å². The SMILES string of the molecule is O=c1c2ccc(OS(=O)(=O)C(F)(F)F)cc2c2cccc3c4cc(-c5ccccc5)ccc4n1c23. The molecule has 0 saturated heterocycles. The molecule has 0 fully saturated rings. The van der Waals surface area contributed by atoms with Crippen molar-refractivity contribution in [2.75, 3.05) is 0 Å². The third-order valence-electron chi connectivity index (χ3n) is 6.10. The molecular weight excluding hydrogens is 479 g/mol. The van der Waals surface area contributed by atoms with Gasteiger partial charge in [-0.15, -0.1) is 0 Å². The molecule has 0 saturated carbocycles. The van der Waals surface area contributed by atoms with Crippen LogP contribution in [0.15, 0.2) is 89.7 Å². The molecule has 5 nitrogen and oxygen atoms in total. The summed E-state index contributed by atoms with van der Waals surface area (Å²) in [5, 5.41) is 2.76. The maximum atomic E-state index is 13.5. The molecular formula is C26H14F3NO4S. The fourth-order valence-corrected chi connectivity index (χ4v) is 5.04. The van der Waals surface area contributed by atoms with Gasteiger partial charge < -0.3 is 4.18 Å². The number of fused-ring (bicyclic) bond motifs is 5. The van der Waals surface area contributed by atoms with Crippen molar-refractivity contribution in [2.24, 2.45) is 0 Å². The van der Waals surface area contributed by atoms with Crippen LogP contribution >= 0.6 is 0 Å². The Morgan fingerprint density at radius 1 is 0.686 bits per heavy atom. The third kappa shape index (κ3) is 3.15. The van der Waals surface area contributed by atoms with Crippen molar-refractivity contribution >= 4 is 48.1 Å². The Balaban J connectivity index is 1.66. The van der Waals surface area contributed by atoms with Crippen molar-refractivity contribution in [1.82, 2.24) is 4.40 Å². The lowest BCUT2D eigenvalue weighted by atomic mass is 10.0. The highest BCUT2D eigenvalue weighted by Gasteiger charge is 2.48. The molecule has 6 rings (SSSR count). The summed E-state index contributed by atoms with van der Waals surface area (Å²) in [6.45, 7) is 0. The zero-order valence-corrected chi connectivity index (χ0v) is 18.5. The first-order valence-corrected chi connectivity index (χ1v) is 11.9. The highest BCUT2D eigenvalue weighted by Crippen LogP contribution is 2.37. The number of alkyl halides is 3. The van der Waals surface area contributed by atoms with Crippen LogP contribution in [0.5, 0.6) is 5.75 Å². The highest BCUT2D eigenvalue weighted by molar-refractivity contribution is 7.88. The molecule has 4 aromatic carbocycles. The first kappa shape index (κ1) is 21.4. The summed E-state index contributed by atoms with van der Waals surface area (Å²) in [5.41, 5.74) is -2.65. The molecule has 0 amide bonds. The van der Waals surface area contributed by atoms with Gasteiger partial charge in [0, 0.05) is 26.9 Å². The van der Waals surface area contributed by atoms with E-state index in [9.17, 15) is 26.4 Å². The Labute approximate surface area is 196 Å². The summed E-state index contributed by atoms with van der Waals surface area (Å²) in [5.74, 6) is -0.526. The standard InChI is InChI=1S/C26H14F3NO4S/c27-26(28,29)35(32,33)34-17-10-11-20-21(14-17)18-7-4-8-19-22-13-16(15-5-2-1-3-6-15)9-12-23(22)30(24(18)19)25(20)31/h1-14H. The van der Waals surface area contributed by atoms with Gasteiger partial charge in [-0.05, 0) is 41.5 Å². The summed E-state index contributed by atoms with van der Waals surface area (Å²) in [6, 6.07) is 24.5. The first-order chi connectivity index (χ1) is 16.7. The van der Waals surface area contributed by atoms with Gasteiger partial charge in [-0.1, -0.05) is 54.6 Å². The van der Waals surface area contributed by atoms with Crippen LogP contribution in [0.3, 0.4) is 0 Å². The smallest absolute Gasteiger partial charge is 0.376 e. The summed E-state index contributed by atoms with van der Waals surface area (Å²) in [7, 11) is -5.84. The van der Waals surface area contributed by atoms with E-state index in [-0.39, 0.29) is 10.9 Å². The van der Waals surface area contributed by atoms with Crippen LogP contribution in [-0.2, 0) is 10.1 Å². The summed E-state index contributed by atoms with van der Waals surface area (Å²) < 4.78 is 67.3. The number of rotatable bonds is 3. The normalized spacial score (nSPS) is 12.8. The highest BCUT2D eigenvalue weighted by atomic mass is 32.2. The second kappa shape index (κ2) is 7.19. The van der Waals surface area contributed by atoms with Gasteiger partial charge in [-0.25, -0.2) is 0 Å². The summed E-state index contributed by atoms with van der Waals surface area (Å²) >= 11 is 0. The van der Waals surface area contributed by atoms with Crippen LogP contribution in [0.4, 0.5) is 13.2 Å². The number of para-hydroxylation sites is 1. The second-order valence-electron chi connectivity index (χ2n) is 8.13. The maximum absolute atomic E-state index is 13.5. The van der Waals surface area contributed by atoms with Crippen LogP contribution in [0.1, 0.15) is 0 Å². The predicted octanol–water partition coefficient (Wildman–Crippen LogP) is 6.09. The van der Waals surface area contributed by atoms with Crippen LogP contribution in [0.25, 0.3) is 49.1 Å². The van der Waals surface area contributed by atoms with Crippen LogP contribution in [-0.4, -0.2) is 18.3 Å². The van der Waals surface area contributed by atoms with Crippen molar-refractivity contribution in [3.05, 3.63) is 95.3 Å². The van der Waals surface area contributed by atoms with Gasteiger partial charge in [0.15, 0.2) is 0 Å². The molecule has 0 bridgehead atoms. The average Bonchev–Trinajstić information content (AvgIpc) is 3.17. The van der Waals surface area contributed by atoms with E-state index in [1.54, 1.807) is 16.5 Å². The van der Waals surface area contributed by atoms with Crippen LogP contribution in [0.2, 0.25) is 0 Å². The number of halogens is 3. The fourth-order valence-electron chi connectivity index (χ4n) is 4.59. The lowest BCUT2D eigenvalue weighted by Gasteiger charge is -2.11. The van der Waals surface area contributed by atoms with Crippen LogP contribution < -0.4 is 9.74 Å². The maximum Gasteiger partial charge on any atom is 0.534 e. The Morgan fingerprint density at radius 3 is 2.11 bits per heavy atom. The molecule has 35 heavy (non-hydrogen) atoms. The largest absolute Gasteiger partial charge is 0.534 e. The molecule has 0 spiro atoms. The van der Waals surface area contributed by atoms with E-state index in [0.29, 0.717) is 21.8 Å². The molecule has 2 aromatic heterocycles. The van der Waals surface area contributed by atoms with E-state index in [1.807, 2.05) is 54.6 Å². The van der Waals surface area contributed by atoms with E-state index < -0.39 is 21.4 Å². The van der Waals surface area contributed by atoms with Crippen molar-refractivity contribution in [3.8, 4) is 16.9 Å². The summed E-state index contributed by atoms with van der Waals surface area (Å²) in [4.78, 5) is 13.5. The average molecular weight is 493 g/mol. The van der Waals surface area contributed by atoms with Gasteiger partial charge in [0.05, 0.1) is 11.0 Å². The van der Waals surface area contributed by atoms with E-state index in [2.05, 4.69) is 4.18 Å². The molecule has 2 heterocycles. The number of hydrogen-bond donors (Lipinski definition) is 0. The molecule has 6 aromatic rings. The minimum absolute atomic E-state index is 0.228. The van der Waals surface area contributed by atoms with Gasteiger partial charge in [-0.3, -0.25) is 9.20 Å². The molecule has 0 aliphatic rings. The second-order valence-corrected chi connectivity index (χ2v) is 9.67. The number of hydrogen-bond acceptors (Lipinski definition) is 4. The molecule has 0 N–H and O–H groups in total. The van der Waals surface area contributed by atoms with Gasteiger partial charge in [0.25, 0.3) is 5.56 Å². The van der Waals surface area contributed by atoms with Gasteiger partial charge in [-0.2, -0.15) is 21.6 Å². The van der Waals surface area contributed by atoms with E-state index in [0.717, 1.165) is 34.0 Å². The monoisotopic (exact) mass is 493 g/mol. The number of benzene rings is 4. The number of pyridine rings is 1. The Kier molecular flexibility index (Phi) is 4.40. The molecule has 0 unspecified atom stereocenters. The predicted molar refractivity (Wildman–Crippen MR) is 128 cm³/mol. The van der Waals surface area contributed by atoms with Crippen molar-refractivity contribution in [1.29, 1.82) is 0 Å². The minimum atomic E-state index is -5.84. The summed E-state index contributed by atoms with van der Waals surface area (Å²) in [6.07, 6.45) is 0. The zero-order valence-electron chi connectivity index (χ0n) is 17.7.